The number of thioether (sulfide) groups is 1. The van der Waals surface area contributed by atoms with Crippen LogP contribution in [0.25, 0.3) is 22.0 Å². The van der Waals surface area contributed by atoms with Crippen LogP contribution in [0.4, 0.5) is 20.2 Å². The number of hydrogen-bond acceptors (Lipinski definition) is 7. The maximum Gasteiger partial charge on any atom is 0.250 e. The van der Waals surface area contributed by atoms with Crippen LogP contribution in [0, 0.1) is 23.0 Å². The van der Waals surface area contributed by atoms with Crippen molar-refractivity contribution < 1.29 is 19.1 Å². The first-order chi connectivity index (χ1) is 18.8. The Balaban J connectivity index is 1.64. The maximum absolute atomic E-state index is 16.5. The van der Waals surface area contributed by atoms with Crippen molar-refractivity contribution in [2.75, 3.05) is 29.9 Å². The Bertz CT molecular complexity index is 1670. The van der Waals surface area contributed by atoms with Gasteiger partial charge in [0.25, 0.3) is 5.91 Å². The molecule has 6 rings (SSSR count). The van der Waals surface area contributed by atoms with Gasteiger partial charge in [0.2, 0.25) is 0 Å². The summed E-state index contributed by atoms with van der Waals surface area (Å²) in [4.78, 5) is 20.0. The van der Waals surface area contributed by atoms with Crippen LogP contribution in [0.3, 0.4) is 0 Å². The molecule has 0 radical (unpaired) electrons. The SMILES string of the molecule is [2H]C1(C#N)c2c(-c3c(Cl)cc4c5c(cnc4c3F)N(C([2H])([2H])[2H])C(=O)[C@H]3CN[C@H](C)CN53)ccc(F)c2SC1N. The Morgan fingerprint density at radius 1 is 1.44 bits per heavy atom. The van der Waals surface area contributed by atoms with E-state index < -0.39 is 41.8 Å². The van der Waals surface area contributed by atoms with Crippen molar-refractivity contribution in [1.82, 2.24) is 10.3 Å². The number of amides is 1. The van der Waals surface area contributed by atoms with Gasteiger partial charge in [-0.05, 0) is 30.2 Å². The summed E-state index contributed by atoms with van der Waals surface area (Å²) < 4.78 is 64.0. The van der Waals surface area contributed by atoms with Crippen LogP contribution in [0.15, 0.2) is 29.3 Å². The van der Waals surface area contributed by atoms with E-state index >= 15 is 4.39 Å². The topological polar surface area (TPSA) is 98.3 Å². The summed E-state index contributed by atoms with van der Waals surface area (Å²) in [5, 5.41) is 11.9. The molecular formula is C25H21ClF2N6OS. The van der Waals surface area contributed by atoms with Crippen LogP contribution in [0.2, 0.25) is 5.02 Å². The zero-order valence-corrected chi connectivity index (χ0v) is 20.3. The first-order valence-corrected chi connectivity index (χ1v) is 12.4. The summed E-state index contributed by atoms with van der Waals surface area (Å²) in [5.41, 5.74) is 5.93. The van der Waals surface area contributed by atoms with Gasteiger partial charge < -0.3 is 20.9 Å². The smallest absolute Gasteiger partial charge is 0.250 e. The highest BCUT2D eigenvalue weighted by atomic mass is 35.5. The van der Waals surface area contributed by atoms with E-state index in [2.05, 4.69) is 10.3 Å². The number of piperazine rings is 1. The number of nitrogens with one attached hydrogen (secondary N) is 1. The van der Waals surface area contributed by atoms with Gasteiger partial charge in [0.1, 0.15) is 17.4 Å². The zero-order valence-electron chi connectivity index (χ0n) is 22.8. The second-order valence-electron chi connectivity index (χ2n) is 8.95. The highest BCUT2D eigenvalue weighted by Crippen LogP contribution is 2.51. The lowest BCUT2D eigenvalue weighted by Gasteiger charge is -2.46. The molecule has 0 bridgehead atoms. The van der Waals surface area contributed by atoms with Gasteiger partial charge in [-0.2, -0.15) is 5.26 Å². The molecular weight excluding hydrogens is 506 g/mol. The van der Waals surface area contributed by atoms with E-state index in [4.69, 9.17) is 22.8 Å². The van der Waals surface area contributed by atoms with Crippen LogP contribution in [-0.2, 0) is 4.79 Å². The van der Waals surface area contributed by atoms with Gasteiger partial charge in [0.15, 0.2) is 5.82 Å². The number of aromatic nitrogens is 1. The van der Waals surface area contributed by atoms with Crippen molar-refractivity contribution in [3.8, 4) is 17.2 Å². The number of nitrogens with two attached hydrogens (primary N) is 1. The van der Waals surface area contributed by atoms with Crippen molar-refractivity contribution in [3.63, 3.8) is 0 Å². The van der Waals surface area contributed by atoms with Crippen molar-refractivity contribution in [2.45, 2.75) is 35.2 Å². The molecule has 2 unspecified atom stereocenters. The summed E-state index contributed by atoms with van der Waals surface area (Å²) in [6.07, 6.45) is 1.15. The minimum Gasteiger partial charge on any atom is -0.355 e. The van der Waals surface area contributed by atoms with Gasteiger partial charge >= 0.3 is 0 Å². The predicted octanol–water partition coefficient (Wildman–Crippen LogP) is 3.97. The molecule has 0 aliphatic carbocycles. The monoisotopic (exact) mass is 530 g/mol. The highest BCUT2D eigenvalue weighted by Gasteiger charge is 2.42. The molecule has 4 atom stereocenters. The Hall–Kier alpha value is -2.97. The van der Waals surface area contributed by atoms with E-state index in [9.17, 15) is 14.4 Å². The number of likely N-dealkylation sites (N-methyl/N-ethyl adjacent to an activating group) is 1. The van der Waals surface area contributed by atoms with E-state index in [1.165, 1.54) is 12.1 Å². The highest BCUT2D eigenvalue weighted by molar-refractivity contribution is 8.00. The number of hydrogen-bond donors (Lipinski definition) is 2. The van der Waals surface area contributed by atoms with Gasteiger partial charge in [-0.1, -0.05) is 17.7 Å². The van der Waals surface area contributed by atoms with E-state index in [0.717, 1.165) is 24.0 Å². The molecule has 1 amide bonds. The molecule has 1 saturated heterocycles. The summed E-state index contributed by atoms with van der Waals surface area (Å²) >= 11 is 7.51. The van der Waals surface area contributed by atoms with Crippen LogP contribution in [-0.4, -0.2) is 48.4 Å². The molecule has 7 nitrogen and oxygen atoms in total. The summed E-state index contributed by atoms with van der Waals surface area (Å²) in [6.45, 7) is -0.393. The Kier molecular flexibility index (Phi) is 4.41. The summed E-state index contributed by atoms with van der Waals surface area (Å²) in [5.74, 6) is -4.30. The molecule has 184 valence electrons. The van der Waals surface area contributed by atoms with E-state index in [1.54, 1.807) is 4.90 Å². The molecule has 11 heteroatoms. The molecule has 4 heterocycles. The second-order valence-corrected chi connectivity index (χ2v) is 10.5. The summed E-state index contributed by atoms with van der Waals surface area (Å²) in [6, 6.07) is 4.70. The van der Waals surface area contributed by atoms with Crippen molar-refractivity contribution in [3.05, 3.63) is 46.6 Å². The summed E-state index contributed by atoms with van der Waals surface area (Å²) in [7, 11) is 0. The Labute approximate surface area is 220 Å². The maximum atomic E-state index is 16.5. The lowest BCUT2D eigenvalue weighted by Crippen LogP contribution is -2.63. The fraction of sp³-hybridized carbons (Fsp3) is 0.320. The predicted molar refractivity (Wildman–Crippen MR) is 136 cm³/mol. The average molecular weight is 531 g/mol. The number of fused-ring (bicyclic) bond motifs is 6. The van der Waals surface area contributed by atoms with Crippen LogP contribution in [0.5, 0.6) is 0 Å². The number of nitriles is 1. The number of carbonyl (C=O) groups is 1. The fourth-order valence-corrected chi connectivity index (χ4v) is 6.55. The minimum atomic E-state index is -2.82. The first-order valence-electron chi connectivity index (χ1n) is 13.1. The van der Waals surface area contributed by atoms with E-state index in [1.807, 2.05) is 13.0 Å². The fourth-order valence-electron chi connectivity index (χ4n) is 5.19. The number of rotatable bonds is 1. The zero-order chi connectivity index (χ0) is 28.9. The number of anilines is 2. The molecule has 1 aromatic heterocycles. The lowest BCUT2D eigenvalue weighted by molar-refractivity contribution is -0.120. The molecule has 0 saturated carbocycles. The number of benzene rings is 2. The largest absolute Gasteiger partial charge is 0.355 e. The molecule has 3 aromatic rings. The number of halogens is 3. The number of carbonyl (C=O) groups excluding carboxylic acids is 1. The number of nitrogens with zero attached hydrogens (tertiary/aromatic N) is 4. The molecule has 3 aliphatic rings. The number of pyridine rings is 1. The van der Waals surface area contributed by atoms with Crippen LogP contribution >= 0.6 is 23.4 Å². The third-order valence-electron chi connectivity index (χ3n) is 6.84. The standard InChI is InChI=1S/C25H21ClF2N6OS/c1-10-9-34-17(8-31-10)25(35)33(2)16-7-32-21-12(22(16)34)5-14(26)19(20(21)28)11-3-4-15(27)23-18(11)13(6-29)24(30)36-23/h3-5,7,10,13,17,24,31H,8-9,30H2,1-2H3/t10-,13?,17-,24?/m1/s1/i2D3,13D. The van der Waals surface area contributed by atoms with E-state index in [-0.39, 0.29) is 55.8 Å². The van der Waals surface area contributed by atoms with E-state index in [0.29, 0.717) is 17.1 Å². The Morgan fingerprint density at radius 2 is 2.25 bits per heavy atom. The van der Waals surface area contributed by atoms with Gasteiger partial charge in [-0.25, -0.2) is 8.78 Å². The van der Waals surface area contributed by atoms with Crippen LogP contribution < -0.4 is 20.9 Å². The van der Waals surface area contributed by atoms with Crippen LogP contribution in [0.1, 0.15) is 23.9 Å². The molecule has 2 aromatic carbocycles. The van der Waals surface area contributed by atoms with Crippen molar-refractivity contribution >= 4 is 51.5 Å². The Morgan fingerprint density at radius 3 is 3.00 bits per heavy atom. The third-order valence-corrected chi connectivity index (χ3v) is 8.27. The first kappa shape index (κ1) is 19.2. The third kappa shape index (κ3) is 3.16. The van der Waals surface area contributed by atoms with Gasteiger partial charge in [-0.3, -0.25) is 9.78 Å². The molecule has 3 N–H and O–H groups in total. The lowest BCUT2D eigenvalue weighted by atomic mass is 9.90. The van der Waals surface area contributed by atoms with Gasteiger partial charge in [0, 0.05) is 46.1 Å². The average Bonchev–Trinajstić information content (AvgIpc) is 3.15. The molecule has 0 spiro atoms. The molecule has 3 aliphatic heterocycles. The second kappa shape index (κ2) is 8.28. The van der Waals surface area contributed by atoms with Crippen molar-refractivity contribution in [1.29, 1.82) is 5.26 Å². The van der Waals surface area contributed by atoms with Gasteiger partial charge in [0.05, 0.1) is 41.3 Å². The molecule has 1 fully saturated rings. The normalized spacial score (nSPS) is 29.0. The van der Waals surface area contributed by atoms with Crippen molar-refractivity contribution in [2.24, 2.45) is 5.73 Å². The quantitative estimate of drug-likeness (QED) is 0.491. The molecule has 36 heavy (non-hydrogen) atoms. The minimum absolute atomic E-state index is 0.00534. The van der Waals surface area contributed by atoms with Gasteiger partial charge in [-0.15, -0.1) is 11.8 Å².